The van der Waals surface area contributed by atoms with Crippen molar-refractivity contribution in [1.29, 1.82) is 0 Å². The average molecular weight is 256 g/mol. The molecule has 2 rings (SSSR count). The van der Waals surface area contributed by atoms with Gasteiger partial charge in [0, 0.05) is 5.39 Å². The van der Waals surface area contributed by atoms with Crippen LogP contribution < -0.4 is 16.5 Å². The molecule has 6 nitrogen and oxygen atoms in total. The molecule has 2 heterocycles. The quantitative estimate of drug-likeness (QED) is 0.593. The Morgan fingerprint density at radius 2 is 1.88 bits per heavy atom. The zero-order chi connectivity index (χ0) is 12.4. The lowest BCUT2D eigenvalue weighted by molar-refractivity contribution is 0.267. The first-order valence-corrected chi connectivity index (χ1v) is 6.18. The predicted molar refractivity (Wildman–Crippen MR) is 70.8 cm³/mol. The fourth-order valence-electron chi connectivity index (χ4n) is 1.86. The van der Waals surface area contributed by atoms with Gasteiger partial charge in [-0.15, -0.1) is 11.3 Å². The second-order valence-corrected chi connectivity index (χ2v) is 4.55. The van der Waals surface area contributed by atoms with Gasteiger partial charge < -0.3 is 26.7 Å². The number of fused-ring (bicyclic) bond motifs is 1. The maximum absolute atomic E-state index is 9.04. The molecule has 94 valence electrons. The molecule has 0 bridgehead atoms. The van der Waals surface area contributed by atoms with Crippen LogP contribution in [0.3, 0.4) is 0 Å². The number of nitrogens with zero attached hydrogens (tertiary/aromatic N) is 2. The molecule has 7 heteroatoms. The number of aliphatic hydroxyl groups excluding tert-OH is 2. The van der Waals surface area contributed by atoms with Crippen molar-refractivity contribution in [2.45, 2.75) is 0 Å². The summed E-state index contributed by atoms with van der Waals surface area (Å²) in [6.45, 7) is 0.770. The Morgan fingerprint density at radius 1 is 1.24 bits per heavy atom. The third-order valence-corrected chi connectivity index (χ3v) is 3.52. The van der Waals surface area contributed by atoms with E-state index in [4.69, 9.17) is 21.7 Å². The standard InChI is InChI=1S/C10H16N4O2S/c11-8-7-1-6-17-10(7)14(9(8)12)13(2-4-15)3-5-16/h1,6,15-16H,2-5,11-12H2. The molecule has 0 radical (unpaired) electrons. The van der Waals surface area contributed by atoms with Gasteiger partial charge in [-0.1, -0.05) is 0 Å². The number of thiophene rings is 1. The second kappa shape index (κ2) is 4.82. The van der Waals surface area contributed by atoms with Crippen LogP contribution in [0.1, 0.15) is 0 Å². The Balaban J connectivity index is 2.50. The molecule has 0 aliphatic rings. The summed E-state index contributed by atoms with van der Waals surface area (Å²) < 4.78 is 1.77. The molecule has 0 spiro atoms. The number of rotatable bonds is 5. The van der Waals surface area contributed by atoms with Crippen LogP contribution in [0.15, 0.2) is 11.4 Å². The zero-order valence-corrected chi connectivity index (χ0v) is 10.2. The molecule has 0 saturated heterocycles. The monoisotopic (exact) mass is 256 g/mol. The van der Waals surface area contributed by atoms with E-state index >= 15 is 0 Å². The normalized spacial score (nSPS) is 11.2. The van der Waals surface area contributed by atoms with Gasteiger partial charge >= 0.3 is 0 Å². The Hall–Kier alpha value is -1.44. The van der Waals surface area contributed by atoms with Crippen LogP contribution in [0.4, 0.5) is 11.5 Å². The number of nitrogen functional groups attached to an aromatic ring is 2. The molecule has 0 amide bonds. The summed E-state index contributed by atoms with van der Waals surface area (Å²) in [4.78, 5) is 0.932. The van der Waals surface area contributed by atoms with E-state index in [0.29, 0.717) is 24.6 Å². The molecule has 2 aromatic rings. The third kappa shape index (κ3) is 1.92. The highest BCUT2D eigenvalue weighted by Crippen LogP contribution is 2.34. The smallest absolute Gasteiger partial charge is 0.148 e. The lowest BCUT2D eigenvalue weighted by Crippen LogP contribution is -2.39. The highest BCUT2D eigenvalue weighted by Gasteiger charge is 2.17. The molecule has 0 aromatic carbocycles. The fourth-order valence-corrected chi connectivity index (χ4v) is 2.81. The second-order valence-electron chi connectivity index (χ2n) is 3.65. The molecule has 6 N–H and O–H groups in total. The molecule has 0 aliphatic heterocycles. The number of hydrogen-bond donors (Lipinski definition) is 4. The van der Waals surface area contributed by atoms with Crippen LogP contribution in [0.2, 0.25) is 0 Å². The van der Waals surface area contributed by atoms with Crippen molar-refractivity contribution in [3.8, 4) is 0 Å². The first-order chi connectivity index (χ1) is 8.20. The minimum Gasteiger partial charge on any atom is -0.395 e. The Kier molecular flexibility index (Phi) is 3.41. The van der Waals surface area contributed by atoms with E-state index in [0.717, 1.165) is 10.2 Å². The minimum absolute atomic E-state index is 0.00953. The van der Waals surface area contributed by atoms with Gasteiger partial charge in [-0.05, 0) is 11.4 Å². The summed E-state index contributed by atoms with van der Waals surface area (Å²) in [5.74, 6) is 0.453. The maximum Gasteiger partial charge on any atom is 0.148 e. The lowest BCUT2D eigenvalue weighted by Gasteiger charge is -2.25. The first-order valence-electron chi connectivity index (χ1n) is 5.30. The van der Waals surface area contributed by atoms with E-state index in [2.05, 4.69) is 0 Å². The molecule has 0 aliphatic carbocycles. The molecule has 0 saturated carbocycles. The van der Waals surface area contributed by atoms with Gasteiger partial charge in [-0.25, -0.2) is 4.68 Å². The van der Waals surface area contributed by atoms with E-state index in [1.807, 2.05) is 11.4 Å². The first kappa shape index (κ1) is 12.0. The van der Waals surface area contributed by atoms with Crippen LogP contribution in [0.5, 0.6) is 0 Å². The van der Waals surface area contributed by atoms with Gasteiger partial charge in [0.25, 0.3) is 0 Å². The SMILES string of the molecule is Nc1c(N)n(N(CCO)CCO)c2sccc12. The molecule has 17 heavy (non-hydrogen) atoms. The van der Waals surface area contributed by atoms with Crippen molar-refractivity contribution in [3.63, 3.8) is 0 Å². The largest absolute Gasteiger partial charge is 0.395 e. The van der Waals surface area contributed by atoms with E-state index < -0.39 is 0 Å². The van der Waals surface area contributed by atoms with Gasteiger partial charge in [0.2, 0.25) is 0 Å². The third-order valence-electron chi connectivity index (χ3n) is 2.63. The predicted octanol–water partition coefficient (Wildman–Crippen LogP) is -0.210. The van der Waals surface area contributed by atoms with Crippen molar-refractivity contribution < 1.29 is 10.2 Å². The van der Waals surface area contributed by atoms with Crippen LogP contribution in [0, 0.1) is 0 Å². The molecular formula is C10H16N4O2S. The average Bonchev–Trinajstić information content (AvgIpc) is 2.85. The van der Waals surface area contributed by atoms with E-state index in [1.54, 1.807) is 9.69 Å². The van der Waals surface area contributed by atoms with E-state index in [9.17, 15) is 0 Å². The van der Waals surface area contributed by atoms with Gasteiger partial charge in [0.05, 0.1) is 32.0 Å². The van der Waals surface area contributed by atoms with Gasteiger partial charge in [0.15, 0.2) is 0 Å². The van der Waals surface area contributed by atoms with Crippen molar-refractivity contribution >= 4 is 33.1 Å². The van der Waals surface area contributed by atoms with Gasteiger partial charge in [0.1, 0.15) is 10.6 Å². The summed E-state index contributed by atoms with van der Waals surface area (Å²) in [6, 6.07) is 1.91. The Bertz CT molecular complexity index is 502. The summed E-state index contributed by atoms with van der Waals surface area (Å²) in [7, 11) is 0. The van der Waals surface area contributed by atoms with Crippen LogP contribution in [-0.2, 0) is 0 Å². The van der Waals surface area contributed by atoms with Crippen LogP contribution in [-0.4, -0.2) is 41.2 Å². The summed E-state index contributed by atoms with van der Waals surface area (Å²) in [6.07, 6.45) is 0. The lowest BCUT2D eigenvalue weighted by atomic mass is 10.3. The van der Waals surface area contributed by atoms with Crippen LogP contribution >= 0.6 is 11.3 Å². The van der Waals surface area contributed by atoms with E-state index in [-0.39, 0.29) is 13.2 Å². The fraction of sp³-hybridized carbons (Fsp3) is 0.400. The number of aliphatic hydroxyl groups is 2. The number of hydrogen-bond acceptors (Lipinski definition) is 6. The summed E-state index contributed by atoms with van der Waals surface area (Å²) in [5, 5.41) is 22.7. The molecule has 2 aromatic heterocycles. The van der Waals surface area contributed by atoms with E-state index in [1.165, 1.54) is 11.3 Å². The summed E-state index contributed by atoms with van der Waals surface area (Å²) >= 11 is 1.53. The number of anilines is 2. The highest BCUT2D eigenvalue weighted by molar-refractivity contribution is 7.17. The van der Waals surface area contributed by atoms with Gasteiger partial charge in [-0.2, -0.15) is 0 Å². The molecular weight excluding hydrogens is 240 g/mol. The number of nitrogens with two attached hydrogens (primary N) is 2. The molecule has 0 fully saturated rings. The van der Waals surface area contributed by atoms with Crippen molar-refractivity contribution in [2.24, 2.45) is 0 Å². The van der Waals surface area contributed by atoms with Crippen LogP contribution in [0.25, 0.3) is 10.2 Å². The Morgan fingerprint density at radius 3 is 2.47 bits per heavy atom. The zero-order valence-electron chi connectivity index (χ0n) is 9.33. The van der Waals surface area contributed by atoms with Crippen molar-refractivity contribution in [2.75, 3.05) is 42.8 Å². The summed E-state index contributed by atoms with van der Waals surface area (Å²) in [5.41, 5.74) is 12.4. The maximum atomic E-state index is 9.04. The topological polar surface area (TPSA) is 101 Å². The number of aromatic nitrogens is 1. The van der Waals surface area contributed by atoms with Gasteiger partial charge in [-0.3, -0.25) is 0 Å². The minimum atomic E-state index is -0.00953. The Labute approximate surface area is 103 Å². The molecule has 0 unspecified atom stereocenters. The van der Waals surface area contributed by atoms with Crippen molar-refractivity contribution in [3.05, 3.63) is 11.4 Å². The molecule has 0 atom stereocenters. The highest BCUT2D eigenvalue weighted by atomic mass is 32.1. The van der Waals surface area contributed by atoms with Crippen molar-refractivity contribution in [1.82, 2.24) is 4.68 Å².